The van der Waals surface area contributed by atoms with Crippen molar-refractivity contribution in [2.45, 2.75) is 24.7 Å². The van der Waals surface area contributed by atoms with E-state index in [0.29, 0.717) is 23.9 Å². The van der Waals surface area contributed by atoms with Gasteiger partial charge >= 0.3 is 0 Å². The molecular weight excluding hydrogens is 260 g/mol. The monoisotopic (exact) mass is 282 g/mol. The van der Waals surface area contributed by atoms with E-state index in [1.807, 2.05) is 26.1 Å². The number of hydrogen-bond acceptors (Lipinski definition) is 3. The van der Waals surface area contributed by atoms with Crippen LogP contribution in [0.1, 0.15) is 18.9 Å². The summed E-state index contributed by atoms with van der Waals surface area (Å²) in [4.78, 5) is 0.475. The molecule has 19 heavy (non-hydrogen) atoms. The van der Waals surface area contributed by atoms with Crippen LogP contribution < -0.4 is 5.32 Å². The second-order valence-electron chi connectivity index (χ2n) is 5.04. The largest absolute Gasteiger partial charge is 0.319 e. The molecule has 1 aromatic carbocycles. The van der Waals surface area contributed by atoms with Gasteiger partial charge in [-0.1, -0.05) is 25.1 Å². The maximum absolute atomic E-state index is 12.7. The van der Waals surface area contributed by atoms with Gasteiger partial charge in [-0.05, 0) is 44.0 Å². The molecule has 0 spiro atoms. The van der Waals surface area contributed by atoms with Gasteiger partial charge in [-0.3, -0.25) is 0 Å². The average Bonchev–Trinajstić information content (AvgIpc) is 2.88. The van der Waals surface area contributed by atoms with E-state index in [1.54, 1.807) is 16.4 Å². The molecule has 1 heterocycles. The Morgan fingerprint density at radius 3 is 2.79 bits per heavy atom. The van der Waals surface area contributed by atoms with Crippen molar-refractivity contribution in [1.29, 1.82) is 0 Å². The molecule has 0 aromatic heterocycles. The minimum absolute atomic E-state index is 0.425. The van der Waals surface area contributed by atoms with Crippen LogP contribution in [0, 0.1) is 5.92 Å². The standard InChI is InChI=1S/C14H22N2O2S/c1-3-13-6-4-5-7-14(13)19(17,18)16-9-8-12(11-16)10-15-2/h4-7,12,15H,3,8-11H2,1-2H3. The van der Waals surface area contributed by atoms with E-state index in [-0.39, 0.29) is 0 Å². The summed E-state index contributed by atoms with van der Waals surface area (Å²) >= 11 is 0. The lowest BCUT2D eigenvalue weighted by atomic mass is 10.1. The molecule has 1 N–H and O–H groups in total. The van der Waals surface area contributed by atoms with Crippen molar-refractivity contribution in [1.82, 2.24) is 9.62 Å². The average molecular weight is 282 g/mol. The number of sulfonamides is 1. The van der Waals surface area contributed by atoms with Crippen molar-refractivity contribution in [3.8, 4) is 0 Å². The van der Waals surface area contributed by atoms with Crippen LogP contribution in [0.25, 0.3) is 0 Å². The van der Waals surface area contributed by atoms with Gasteiger partial charge in [0, 0.05) is 13.1 Å². The van der Waals surface area contributed by atoms with Crippen molar-refractivity contribution in [3.63, 3.8) is 0 Å². The highest BCUT2D eigenvalue weighted by Gasteiger charge is 2.32. The first-order chi connectivity index (χ1) is 9.09. The first-order valence-corrected chi connectivity index (χ1v) is 8.26. The van der Waals surface area contributed by atoms with E-state index in [2.05, 4.69) is 5.32 Å². The fourth-order valence-corrected chi connectivity index (χ4v) is 4.48. The third-order valence-electron chi connectivity index (χ3n) is 3.71. The van der Waals surface area contributed by atoms with Crippen LogP contribution in [-0.4, -0.2) is 39.4 Å². The van der Waals surface area contributed by atoms with Crippen LogP contribution >= 0.6 is 0 Å². The number of hydrogen-bond donors (Lipinski definition) is 1. The predicted octanol–water partition coefficient (Wildman–Crippen LogP) is 1.48. The molecule has 106 valence electrons. The number of nitrogens with zero attached hydrogens (tertiary/aromatic N) is 1. The first-order valence-electron chi connectivity index (χ1n) is 6.82. The number of aryl methyl sites for hydroxylation is 1. The molecule has 1 aliphatic rings. The Labute approximate surface area is 115 Å². The molecule has 1 saturated heterocycles. The van der Waals surface area contributed by atoms with Crippen molar-refractivity contribution in [3.05, 3.63) is 29.8 Å². The van der Waals surface area contributed by atoms with Crippen LogP contribution in [-0.2, 0) is 16.4 Å². The van der Waals surface area contributed by atoms with Gasteiger partial charge in [0.2, 0.25) is 10.0 Å². The summed E-state index contributed by atoms with van der Waals surface area (Å²) in [5, 5.41) is 3.12. The van der Waals surface area contributed by atoms with E-state index < -0.39 is 10.0 Å². The minimum Gasteiger partial charge on any atom is -0.319 e. The molecule has 0 amide bonds. The SMILES string of the molecule is CCc1ccccc1S(=O)(=O)N1CCC(CNC)C1. The topological polar surface area (TPSA) is 49.4 Å². The summed E-state index contributed by atoms with van der Waals surface area (Å²) in [7, 11) is -1.42. The summed E-state index contributed by atoms with van der Waals surface area (Å²) in [5.41, 5.74) is 0.902. The second-order valence-corrected chi connectivity index (χ2v) is 6.94. The van der Waals surface area contributed by atoms with E-state index in [1.165, 1.54) is 0 Å². The lowest BCUT2D eigenvalue weighted by Crippen LogP contribution is -2.31. The molecule has 5 heteroatoms. The van der Waals surface area contributed by atoms with E-state index in [9.17, 15) is 8.42 Å². The number of nitrogens with one attached hydrogen (secondary N) is 1. The molecule has 1 aromatic rings. The lowest BCUT2D eigenvalue weighted by Gasteiger charge is -2.18. The van der Waals surface area contributed by atoms with Crippen molar-refractivity contribution >= 4 is 10.0 Å². The van der Waals surface area contributed by atoms with Crippen molar-refractivity contribution in [2.24, 2.45) is 5.92 Å². The molecule has 4 nitrogen and oxygen atoms in total. The molecule has 0 saturated carbocycles. The molecular formula is C14H22N2O2S. The van der Waals surface area contributed by atoms with Crippen molar-refractivity contribution < 1.29 is 8.42 Å². The fourth-order valence-electron chi connectivity index (χ4n) is 2.66. The molecule has 1 atom stereocenters. The van der Waals surface area contributed by atoms with E-state index >= 15 is 0 Å². The van der Waals surface area contributed by atoms with Gasteiger partial charge in [0.25, 0.3) is 0 Å². The third kappa shape index (κ3) is 2.99. The summed E-state index contributed by atoms with van der Waals surface area (Å²) in [6.07, 6.45) is 1.68. The number of rotatable bonds is 5. The van der Waals surface area contributed by atoms with Crippen LogP contribution in [0.15, 0.2) is 29.2 Å². The Morgan fingerprint density at radius 1 is 1.37 bits per heavy atom. The summed E-state index contributed by atoms with van der Waals surface area (Å²) in [6.45, 7) is 4.12. The first kappa shape index (κ1) is 14.5. The van der Waals surface area contributed by atoms with Crippen LogP contribution in [0.3, 0.4) is 0 Å². The Hall–Kier alpha value is -0.910. The van der Waals surface area contributed by atoms with Crippen LogP contribution in [0.5, 0.6) is 0 Å². The Morgan fingerprint density at radius 2 is 2.11 bits per heavy atom. The summed E-state index contributed by atoms with van der Waals surface area (Å²) < 4.78 is 27.0. The van der Waals surface area contributed by atoms with Gasteiger partial charge in [-0.25, -0.2) is 8.42 Å². The lowest BCUT2D eigenvalue weighted by molar-refractivity contribution is 0.450. The normalized spacial score (nSPS) is 20.8. The summed E-state index contributed by atoms with van der Waals surface area (Å²) in [6, 6.07) is 7.31. The molecule has 0 bridgehead atoms. The predicted molar refractivity (Wildman–Crippen MR) is 76.6 cm³/mol. The molecule has 1 aliphatic heterocycles. The Balaban J connectivity index is 2.24. The highest BCUT2D eigenvalue weighted by atomic mass is 32.2. The fraction of sp³-hybridized carbons (Fsp3) is 0.571. The second kappa shape index (κ2) is 6.03. The van der Waals surface area contributed by atoms with E-state index in [0.717, 1.165) is 24.9 Å². The van der Waals surface area contributed by atoms with Gasteiger partial charge in [-0.2, -0.15) is 4.31 Å². The van der Waals surface area contributed by atoms with E-state index in [4.69, 9.17) is 0 Å². The van der Waals surface area contributed by atoms with Crippen molar-refractivity contribution in [2.75, 3.05) is 26.7 Å². The zero-order valence-electron chi connectivity index (χ0n) is 11.6. The van der Waals surface area contributed by atoms with Gasteiger partial charge in [0.1, 0.15) is 0 Å². The number of benzene rings is 1. The molecule has 0 aliphatic carbocycles. The van der Waals surface area contributed by atoms with Crippen LogP contribution in [0.2, 0.25) is 0 Å². The Kier molecular flexibility index (Phi) is 4.60. The maximum atomic E-state index is 12.7. The molecule has 2 rings (SSSR count). The zero-order chi connectivity index (χ0) is 13.9. The molecule has 0 radical (unpaired) electrons. The highest BCUT2D eigenvalue weighted by Crippen LogP contribution is 2.26. The zero-order valence-corrected chi connectivity index (χ0v) is 12.4. The van der Waals surface area contributed by atoms with Gasteiger partial charge in [0.05, 0.1) is 4.90 Å². The van der Waals surface area contributed by atoms with Gasteiger partial charge in [0.15, 0.2) is 0 Å². The highest BCUT2D eigenvalue weighted by molar-refractivity contribution is 7.89. The summed E-state index contributed by atoms with van der Waals surface area (Å²) in [5.74, 6) is 0.425. The Bertz CT molecular complexity index is 528. The maximum Gasteiger partial charge on any atom is 0.243 e. The van der Waals surface area contributed by atoms with Gasteiger partial charge < -0.3 is 5.32 Å². The quantitative estimate of drug-likeness (QED) is 0.890. The van der Waals surface area contributed by atoms with Crippen LogP contribution in [0.4, 0.5) is 0 Å². The molecule has 1 fully saturated rings. The van der Waals surface area contributed by atoms with Gasteiger partial charge in [-0.15, -0.1) is 0 Å². The molecule has 1 unspecified atom stereocenters. The third-order valence-corrected chi connectivity index (χ3v) is 5.68. The minimum atomic E-state index is -3.33. The smallest absolute Gasteiger partial charge is 0.243 e.